The molecule has 4 nitrogen and oxygen atoms in total. The fourth-order valence-corrected chi connectivity index (χ4v) is 6.22. The van der Waals surface area contributed by atoms with Crippen LogP contribution in [0.15, 0.2) is 29.2 Å². The van der Waals surface area contributed by atoms with Crippen molar-refractivity contribution < 1.29 is 8.42 Å². The maximum atomic E-state index is 12.8. The lowest BCUT2D eigenvalue weighted by Gasteiger charge is -2.40. The highest BCUT2D eigenvalue weighted by atomic mass is 32.2. The molecule has 126 valence electrons. The monoisotopic (exact) mass is 334 g/mol. The molecule has 1 aliphatic heterocycles. The number of fused-ring (bicyclic) bond motifs is 2. The molecular weight excluding hydrogens is 308 g/mol. The van der Waals surface area contributed by atoms with Crippen LogP contribution in [0, 0.1) is 18.8 Å². The average molecular weight is 334 g/mol. The number of nitrogens with zero attached hydrogens (tertiary/aromatic N) is 2. The fourth-order valence-electron chi connectivity index (χ4n) is 4.79. The van der Waals surface area contributed by atoms with Crippen molar-refractivity contribution in [2.45, 2.75) is 43.5 Å². The average Bonchev–Trinajstić information content (AvgIpc) is 3.18. The SMILES string of the molecule is Cc1ccc(S(=O)(=O)N2CCN([C@H]3C[C@H]4CC[C@H]3C4)CC2)cc1. The van der Waals surface area contributed by atoms with E-state index >= 15 is 0 Å². The smallest absolute Gasteiger partial charge is 0.243 e. The summed E-state index contributed by atoms with van der Waals surface area (Å²) in [5.74, 6) is 1.82. The summed E-state index contributed by atoms with van der Waals surface area (Å²) >= 11 is 0. The van der Waals surface area contributed by atoms with Crippen LogP contribution in [-0.2, 0) is 10.0 Å². The van der Waals surface area contributed by atoms with Gasteiger partial charge in [0.05, 0.1) is 4.90 Å². The van der Waals surface area contributed by atoms with Crippen molar-refractivity contribution in [3.63, 3.8) is 0 Å². The third-order valence-corrected chi connectivity index (χ3v) is 8.01. The lowest BCUT2D eigenvalue weighted by molar-refractivity contribution is 0.101. The largest absolute Gasteiger partial charge is 0.297 e. The first-order chi connectivity index (χ1) is 11.0. The van der Waals surface area contributed by atoms with E-state index in [9.17, 15) is 8.42 Å². The predicted molar refractivity (Wildman–Crippen MR) is 90.7 cm³/mol. The number of hydrogen-bond donors (Lipinski definition) is 0. The third-order valence-electron chi connectivity index (χ3n) is 6.10. The summed E-state index contributed by atoms with van der Waals surface area (Å²) in [6.07, 6.45) is 5.56. The van der Waals surface area contributed by atoms with Crippen molar-refractivity contribution in [3.8, 4) is 0 Å². The molecule has 0 spiro atoms. The summed E-state index contributed by atoms with van der Waals surface area (Å²) in [4.78, 5) is 2.99. The van der Waals surface area contributed by atoms with E-state index in [1.165, 1.54) is 25.7 Å². The van der Waals surface area contributed by atoms with E-state index in [-0.39, 0.29) is 0 Å². The number of benzene rings is 1. The molecule has 3 aliphatic rings. The van der Waals surface area contributed by atoms with Gasteiger partial charge in [0.25, 0.3) is 0 Å². The number of rotatable bonds is 3. The van der Waals surface area contributed by atoms with Crippen molar-refractivity contribution in [1.29, 1.82) is 0 Å². The van der Waals surface area contributed by atoms with Crippen LogP contribution in [0.4, 0.5) is 0 Å². The third kappa shape index (κ3) is 2.83. The highest BCUT2D eigenvalue weighted by Gasteiger charge is 2.43. The Labute approximate surface area is 139 Å². The second kappa shape index (κ2) is 5.87. The highest BCUT2D eigenvalue weighted by Crippen LogP contribution is 2.46. The van der Waals surface area contributed by atoms with Crippen molar-refractivity contribution >= 4 is 10.0 Å². The van der Waals surface area contributed by atoms with Crippen LogP contribution in [0.5, 0.6) is 0 Å². The summed E-state index contributed by atoms with van der Waals surface area (Å²) < 4.78 is 27.2. The first-order valence-corrected chi connectivity index (χ1v) is 10.3. The number of piperazine rings is 1. The molecule has 4 rings (SSSR count). The summed E-state index contributed by atoms with van der Waals surface area (Å²) in [6.45, 7) is 5.01. The molecule has 3 atom stereocenters. The first kappa shape index (κ1) is 15.6. The van der Waals surface area contributed by atoms with Gasteiger partial charge in [-0.05, 0) is 50.2 Å². The van der Waals surface area contributed by atoms with Gasteiger partial charge in [-0.1, -0.05) is 24.1 Å². The van der Waals surface area contributed by atoms with Crippen LogP contribution >= 0.6 is 0 Å². The van der Waals surface area contributed by atoms with Crippen LogP contribution < -0.4 is 0 Å². The quantitative estimate of drug-likeness (QED) is 0.853. The van der Waals surface area contributed by atoms with Crippen molar-refractivity contribution in [1.82, 2.24) is 9.21 Å². The molecule has 5 heteroatoms. The Hall–Kier alpha value is -0.910. The molecule has 2 aliphatic carbocycles. The van der Waals surface area contributed by atoms with E-state index in [0.717, 1.165) is 36.5 Å². The van der Waals surface area contributed by atoms with Gasteiger partial charge in [0, 0.05) is 32.2 Å². The second-order valence-corrected chi connectivity index (χ2v) is 9.43. The molecule has 0 aromatic heterocycles. The standard InChI is InChI=1S/C18H26N2O2S/c1-14-2-6-17(7-3-14)23(21,22)20-10-8-19(9-11-20)18-13-15-4-5-16(18)12-15/h2-3,6-7,15-16,18H,4-5,8-13H2,1H3/t15-,16-,18-/m0/s1. The van der Waals surface area contributed by atoms with Crippen molar-refractivity contribution in [2.24, 2.45) is 11.8 Å². The Morgan fingerprint density at radius 2 is 1.65 bits per heavy atom. The predicted octanol–water partition coefficient (Wildman–Crippen LogP) is 2.49. The van der Waals surface area contributed by atoms with Crippen LogP contribution in [0.2, 0.25) is 0 Å². The number of aryl methyl sites for hydroxylation is 1. The summed E-state index contributed by atoms with van der Waals surface area (Å²) in [5, 5.41) is 0. The maximum absolute atomic E-state index is 12.8. The zero-order valence-corrected chi connectivity index (χ0v) is 14.6. The fraction of sp³-hybridized carbons (Fsp3) is 0.667. The van der Waals surface area contributed by atoms with E-state index in [0.29, 0.717) is 18.0 Å². The second-order valence-electron chi connectivity index (χ2n) is 7.50. The topological polar surface area (TPSA) is 40.6 Å². The molecule has 3 fully saturated rings. The highest BCUT2D eigenvalue weighted by molar-refractivity contribution is 7.89. The number of sulfonamides is 1. The lowest BCUT2D eigenvalue weighted by atomic mass is 9.93. The van der Waals surface area contributed by atoms with Gasteiger partial charge in [0.2, 0.25) is 10.0 Å². The molecular formula is C18H26N2O2S. The molecule has 1 heterocycles. The van der Waals surface area contributed by atoms with Gasteiger partial charge < -0.3 is 0 Å². The van der Waals surface area contributed by atoms with E-state index < -0.39 is 10.0 Å². The van der Waals surface area contributed by atoms with Gasteiger partial charge in [0.15, 0.2) is 0 Å². The Morgan fingerprint density at radius 1 is 0.957 bits per heavy atom. The van der Waals surface area contributed by atoms with Crippen molar-refractivity contribution in [3.05, 3.63) is 29.8 Å². The molecule has 0 amide bonds. The molecule has 1 saturated heterocycles. The molecule has 2 saturated carbocycles. The van der Waals surface area contributed by atoms with Crippen LogP contribution in [0.25, 0.3) is 0 Å². The molecule has 23 heavy (non-hydrogen) atoms. The van der Waals surface area contributed by atoms with E-state index in [2.05, 4.69) is 4.90 Å². The minimum atomic E-state index is -3.33. The van der Waals surface area contributed by atoms with Gasteiger partial charge >= 0.3 is 0 Å². The minimum Gasteiger partial charge on any atom is -0.297 e. The van der Waals surface area contributed by atoms with Gasteiger partial charge in [-0.15, -0.1) is 0 Å². The zero-order chi connectivity index (χ0) is 16.0. The molecule has 0 unspecified atom stereocenters. The Bertz CT molecular complexity index is 663. The summed E-state index contributed by atoms with van der Waals surface area (Å²) in [5.41, 5.74) is 1.09. The Balaban J connectivity index is 1.42. The van der Waals surface area contributed by atoms with Crippen LogP contribution in [0.3, 0.4) is 0 Å². The van der Waals surface area contributed by atoms with E-state index in [1.807, 2.05) is 19.1 Å². The normalized spacial score (nSPS) is 32.5. The molecule has 0 radical (unpaired) electrons. The Morgan fingerprint density at radius 3 is 2.22 bits per heavy atom. The van der Waals surface area contributed by atoms with Crippen LogP contribution in [-0.4, -0.2) is 49.8 Å². The maximum Gasteiger partial charge on any atom is 0.243 e. The summed E-state index contributed by atoms with van der Waals surface area (Å²) in [6, 6.07) is 7.93. The van der Waals surface area contributed by atoms with Gasteiger partial charge in [0.1, 0.15) is 0 Å². The van der Waals surface area contributed by atoms with Gasteiger partial charge in [-0.2, -0.15) is 4.31 Å². The lowest BCUT2D eigenvalue weighted by Crippen LogP contribution is -2.53. The molecule has 0 N–H and O–H groups in total. The zero-order valence-electron chi connectivity index (χ0n) is 13.8. The molecule has 1 aromatic rings. The number of hydrogen-bond acceptors (Lipinski definition) is 3. The van der Waals surface area contributed by atoms with E-state index in [1.54, 1.807) is 16.4 Å². The molecule has 2 bridgehead atoms. The van der Waals surface area contributed by atoms with E-state index in [4.69, 9.17) is 0 Å². The van der Waals surface area contributed by atoms with Crippen LogP contribution in [0.1, 0.15) is 31.2 Å². The summed E-state index contributed by atoms with van der Waals surface area (Å²) in [7, 11) is -3.33. The minimum absolute atomic E-state index is 0.427. The van der Waals surface area contributed by atoms with Gasteiger partial charge in [-0.25, -0.2) is 8.42 Å². The molecule has 1 aromatic carbocycles. The first-order valence-electron chi connectivity index (χ1n) is 8.85. The Kier molecular flexibility index (Phi) is 3.98. The van der Waals surface area contributed by atoms with Gasteiger partial charge in [-0.3, -0.25) is 4.90 Å². The van der Waals surface area contributed by atoms with Crippen molar-refractivity contribution in [2.75, 3.05) is 26.2 Å².